The second-order valence-corrected chi connectivity index (χ2v) is 8.92. The number of hydrogen-bond acceptors (Lipinski definition) is 5. The third kappa shape index (κ3) is 5.22. The molecule has 4 N–H and O–H groups in total. The molecule has 3 atom stereocenters. The van der Waals surface area contributed by atoms with E-state index in [4.69, 9.17) is 9.84 Å². The highest BCUT2D eigenvalue weighted by Gasteiger charge is 2.33. The predicted molar refractivity (Wildman–Crippen MR) is 125 cm³/mol. The summed E-state index contributed by atoms with van der Waals surface area (Å²) in [6.45, 7) is -0.184. The molecule has 0 aromatic heterocycles. The van der Waals surface area contributed by atoms with E-state index in [2.05, 4.69) is 34.9 Å². The van der Waals surface area contributed by atoms with Gasteiger partial charge in [-0.2, -0.15) is 0 Å². The zero-order chi connectivity index (χ0) is 24.1. The fourth-order valence-electron chi connectivity index (χ4n) is 5.00. The molecule has 1 fully saturated rings. The van der Waals surface area contributed by atoms with Crippen LogP contribution in [0.25, 0.3) is 11.1 Å². The molecule has 0 bridgehead atoms. The summed E-state index contributed by atoms with van der Waals surface area (Å²) in [6.07, 6.45) is 1.62. The van der Waals surface area contributed by atoms with Gasteiger partial charge in [0.15, 0.2) is 6.10 Å². The summed E-state index contributed by atoms with van der Waals surface area (Å²) in [7, 11) is 0. The van der Waals surface area contributed by atoms with Crippen molar-refractivity contribution in [3.63, 3.8) is 0 Å². The van der Waals surface area contributed by atoms with Gasteiger partial charge in [0.1, 0.15) is 6.61 Å². The summed E-state index contributed by atoms with van der Waals surface area (Å²) < 4.78 is 5.64. The molecule has 2 aliphatic rings. The lowest BCUT2D eigenvalue weighted by Gasteiger charge is -2.25. The maximum Gasteiger partial charge on any atom is 0.407 e. The van der Waals surface area contributed by atoms with Crippen LogP contribution in [0.1, 0.15) is 49.1 Å². The smallest absolute Gasteiger partial charge is 0.407 e. The standard InChI is InChI=1S/C26H30N2O6/c29-23(25(31)32)14-27-24(30)20-12-2-1-3-13-22(20)28-26(33)34-15-21-18-10-6-4-8-16(18)17-9-5-7-11-19(17)21/h4-11,20-23,29H,1-3,12-15H2,(H,27,30)(H,28,33)(H,31,32)/t20?,22?,23-/m0/s1. The van der Waals surface area contributed by atoms with Crippen LogP contribution in [0.15, 0.2) is 48.5 Å². The lowest BCUT2D eigenvalue weighted by atomic mass is 9.93. The van der Waals surface area contributed by atoms with Crippen LogP contribution in [0.4, 0.5) is 4.79 Å². The lowest BCUT2D eigenvalue weighted by Crippen LogP contribution is -2.48. The Morgan fingerprint density at radius 2 is 1.56 bits per heavy atom. The highest BCUT2D eigenvalue weighted by molar-refractivity contribution is 5.82. The number of carboxylic acids is 1. The number of amides is 2. The third-order valence-electron chi connectivity index (χ3n) is 6.75. The molecule has 2 amide bonds. The maximum atomic E-state index is 12.7. The van der Waals surface area contributed by atoms with Crippen molar-refractivity contribution in [2.45, 2.75) is 50.2 Å². The number of carboxylic acid groups (broad SMARTS) is 1. The molecule has 0 radical (unpaired) electrons. The molecule has 2 aromatic carbocycles. The molecule has 2 aliphatic carbocycles. The number of aliphatic hydroxyl groups is 1. The van der Waals surface area contributed by atoms with Crippen LogP contribution >= 0.6 is 0 Å². The average Bonchev–Trinajstić information content (AvgIpc) is 2.97. The lowest BCUT2D eigenvalue weighted by molar-refractivity contribution is -0.146. The minimum Gasteiger partial charge on any atom is -0.479 e. The Labute approximate surface area is 198 Å². The highest BCUT2D eigenvalue weighted by Crippen LogP contribution is 2.44. The fraction of sp³-hybridized carbons (Fsp3) is 0.423. The van der Waals surface area contributed by atoms with Crippen molar-refractivity contribution < 1.29 is 29.3 Å². The zero-order valence-electron chi connectivity index (χ0n) is 18.9. The van der Waals surface area contributed by atoms with Gasteiger partial charge in [-0.25, -0.2) is 9.59 Å². The molecule has 0 saturated heterocycles. The summed E-state index contributed by atoms with van der Waals surface area (Å²) >= 11 is 0. The minimum absolute atomic E-state index is 0.0520. The van der Waals surface area contributed by atoms with Gasteiger partial charge in [-0.3, -0.25) is 4.79 Å². The number of aliphatic hydroxyl groups excluding tert-OH is 1. The first-order chi connectivity index (χ1) is 16.5. The van der Waals surface area contributed by atoms with Crippen molar-refractivity contribution in [1.82, 2.24) is 10.6 Å². The molecule has 1 saturated carbocycles. The van der Waals surface area contributed by atoms with Gasteiger partial charge in [0, 0.05) is 12.0 Å². The summed E-state index contributed by atoms with van der Waals surface area (Å²) in [5, 5.41) is 23.6. The molecule has 0 heterocycles. The van der Waals surface area contributed by atoms with Gasteiger partial charge in [0.05, 0.1) is 12.5 Å². The quantitative estimate of drug-likeness (QED) is 0.465. The number of alkyl carbamates (subject to hydrolysis) is 1. The van der Waals surface area contributed by atoms with Crippen molar-refractivity contribution in [2.24, 2.45) is 5.92 Å². The van der Waals surface area contributed by atoms with Crippen molar-refractivity contribution >= 4 is 18.0 Å². The van der Waals surface area contributed by atoms with Crippen LogP contribution in [0.2, 0.25) is 0 Å². The van der Waals surface area contributed by atoms with Gasteiger partial charge in [-0.15, -0.1) is 0 Å². The van der Waals surface area contributed by atoms with Crippen LogP contribution in [0.5, 0.6) is 0 Å². The Hall–Kier alpha value is -3.39. The predicted octanol–water partition coefficient (Wildman–Crippen LogP) is 3.04. The summed E-state index contributed by atoms with van der Waals surface area (Å²) in [4.78, 5) is 36.3. The molecule has 0 aliphatic heterocycles. The molecular weight excluding hydrogens is 436 g/mol. The Morgan fingerprint density at radius 3 is 2.21 bits per heavy atom. The van der Waals surface area contributed by atoms with Crippen LogP contribution in [0, 0.1) is 5.92 Å². The first-order valence-corrected chi connectivity index (χ1v) is 11.8. The van der Waals surface area contributed by atoms with E-state index < -0.39 is 30.1 Å². The molecule has 180 valence electrons. The monoisotopic (exact) mass is 466 g/mol. The van der Waals surface area contributed by atoms with E-state index >= 15 is 0 Å². The summed E-state index contributed by atoms with van der Waals surface area (Å²) in [6, 6.07) is 15.8. The number of hydrogen-bond donors (Lipinski definition) is 4. The molecule has 4 rings (SSSR count). The van der Waals surface area contributed by atoms with E-state index in [1.807, 2.05) is 24.3 Å². The van der Waals surface area contributed by atoms with E-state index in [1.165, 1.54) is 0 Å². The van der Waals surface area contributed by atoms with Crippen molar-refractivity contribution in [2.75, 3.05) is 13.2 Å². The number of benzene rings is 2. The van der Waals surface area contributed by atoms with Crippen LogP contribution in [-0.2, 0) is 14.3 Å². The normalized spacial score (nSPS) is 20.4. The van der Waals surface area contributed by atoms with Crippen molar-refractivity contribution in [3.05, 3.63) is 59.7 Å². The van der Waals surface area contributed by atoms with Crippen LogP contribution < -0.4 is 10.6 Å². The Balaban J connectivity index is 1.38. The molecule has 8 nitrogen and oxygen atoms in total. The zero-order valence-corrected chi connectivity index (χ0v) is 18.9. The Kier molecular flexibility index (Phi) is 7.47. The van der Waals surface area contributed by atoms with Gasteiger partial charge >= 0.3 is 12.1 Å². The molecule has 2 unspecified atom stereocenters. The first kappa shape index (κ1) is 23.8. The molecule has 0 spiro atoms. The summed E-state index contributed by atoms with van der Waals surface area (Å²) in [5.41, 5.74) is 4.55. The van der Waals surface area contributed by atoms with E-state index in [-0.39, 0.29) is 25.0 Å². The SMILES string of the molecule is O=C(NC1CCCCCC1C(=O)NC[C@H](O)C(=O)O)OCC1c2ccccc2-c2ccccc21. The van der Waals surface area contributed by atoms with E-state index in [0.717, 1.165) is 41.5 Å². The Morgan fingerprint density at radius 1 is 0.941 bits per heavy atom. The van der Waals surface area contributed by atoms with Gasteiger partial charge in [-0.05, 0) is 35.1 Å². The number of rotatable bonds is 7. The van der Waals surface area contributed by atoms with Gasteiger partial charge < -0.3 is 25.6 Å². The molecule has 8 heteroatoms. The fourth-order valence-corrected chi connectivity index (χ4v) is 5.00. The third-order valence-corrected chi connectivity index (χ3v) is 6.75. The van der Waals surface area contributed by atoms with Gasteiger partial charge in [0.2, 0.25) is 5.91 Å². The van der Waals surface area contributed by atoms with E-state index in [0.29, 0.717) is 12.8 Å². The van der Waals surface area contributed by atoms with Crippen LogP contribution in [0.3, 0.4) is 0 Å². The number of nitrogens with one attached hydrogen (secondary N) is 2. The molecule has 34 heavy (non-hydrogen) atoms. The van der Waals surface area contributed by atoms with E-state index in [1.54, 1.807) is 0 Å². The largest absolute Gasteiger partial charge is 0.479 e. The van der Waals surface area contributed by atoms with Crippen LogP contribution in [-0.4, -0.2) is 53.5 Å². The minimum atomic E-state index is -1.66. The van der Waals surface area contributed by atoms with Gasteiger partial charge in [0.25, 0.3) is 0 Å². The number of carbonyl (C=O) groups is 3. The second kappa shape index (κ2) is 10.7. The second-order valence-electron chi connectivity index (χ2n) is 8.92. The average molecular weight is 467 g/mol. The maximum absolute atomic E-state index is 12.7. The van der Waals surface area contributed by atoms with E-state index in [9.17, 15) is 19.5 Å². The number of aliphatic carboxylic acids is 1. The van der Waals surface area contributed by atoms with Crippen molar-refractivity contribution in [3.8, 4) is 11.1 Å². The number of carbonyl (C=O) groups excluding carboxylic acids is 2. The summed E-state index contributed by atoms with van der Waals surface area (Å²) in [5.74, 6) is -2.33. The highest BCUT2D eigenvalue weighted by atomic mass is 16.5. The molecular formula is C26H30N2O6. The van der Waals surface area contributed by atoms with Crippen molar-refractivity contribution in [1.29, 1.82) is 0 Å². The first-order valence-electron chi connectivity index (χ1n) is 11.8. The van der Waals surface area contributed by atoms with Gasteiger partial charge in [-0.1, -0.05) is 67.8 Å². The number of ether oxygens (including phenoxy) is 1. The molecule has 2 aromatic rings. The topological polar surface area (TPSA) is 125 Å². The Bertz CT molecular complexity index is 1010. The number of fused-ring (bicyclic) bond motifs is 3.